The Bertz CT molecular complexity index is 971. The number of imidazole rings is 1. The van der Waals surface area contributed by atoms with E-state index >= 15 is 0 Å². The lowest BCUT2D eigenvalue weighted by Crippen LogP contribution is -2.36. The molecule has 0 N–H and O–H groups in total. The first-order chi connectivity index (χ1) is 13.6. The molecule has 0 saturated heterocycles. The van der Waals surface area contributed by atoms with Gasteiger partial charge in [0.25, 0.3) is 0 Å². The molecule has 0 bridgehead atoms. The molecule has 0 aliphatic carbocycles. The lowest BCUT2D eigenvalue weighted by atomic mass is 9.87. The van der Waals surface area contributed by atoms with Gasteiger partial charge in [0.1, 0.15) is 11.0 Å². The van der Waals surface area contributed by atoms with E-state index in [1.54, 1.807) is 20.4 Å². The summed E-state index contributed by atoms with van der Waals surface area (Å²) in [5.41, 5.74) is 3.78. The predicted molar refractivity (Wildman–Crippen MR) is 110 cm³/mol. The van der Waals surface area contributed by atoms with Crippen LogP contribution in [-0.4, -0.2) is 35.2 Å². The second kappa shape index (κ2) is 7.86. The molecule has 1 unspecified atom stereocenters. The first-order valence-electron chi connectivity index (χ1n) is 9.32. The van der Waals surface area contributed by atoms with E-state index in [-0.39, 0.29) is 6.04 Å². The molecular weight excluding hydrogens is 374 g/mol. The van der Waals surface area contributed by atoms with Crippen LogP contribution < -0.4 is 9.47 Å². The lowest BCUT2D eigenvalue weighted by molar-refractivity contribution is 0.196. The van der Waals surface area contributed by atoms with E-state index in [1.165, 1.54) is 16.7 Å². The van der Waals surface area contributed by atoms with Gasteiger partial charge in [-0.2, -0.15) is 0 Å². The van der Waals surface area contributed by atoms with Crippen LogP contribution in [0.5, 0.6) is 11.5 Å². The normalized spacial score (nSPS) is 16.6. The van der Waals surface area contributed by atoms with Crippen molar-refractivity contribution in [2.45, 2.75) is 19.0 Å². The van der Waals surface area contributed by atoms with Crippen molar-refractivity contribution in [1.29, 1.82) is 0 Å². The SMILES string of the molecule is COc1cc2c(cc1OC)C(c1ccccc1)N(Cc1ncc(Cl)n1C)CC2. The second-order valence-electron chi connectivity index (χ2n) is 7.00. The molecule has 0 amide bonds. The van der Waals surface area contributed by atoms with Gasteiger partial charge in [-0.1, -0.05) is 41.9 Å². The Morgan fingerprint density at radius 3 is 2.46 bits per heavy atom. The van der Waals surface area contributed by atoms with Gasteiger partial charge < -0.3 is 14.0 Å². The second-order valence-corrected chi connectivity index (χ2v) is 7.38. The molecular formula is C22H24ClN3O2. The van der Waals surface area contributed by atoms with Crippen molar-refractivity contribution in [3.05, 3.63) is 76.3 Å². The topological polar surface area (TPSA) is 39.5 Å². The van der Waals surface area contributed by atoms with E-state index in [1.807, 2.05) is 17.7 Å². The quantitative estimate of drug-likeness (QED) is 0.645. The van der Waals surface area contributed by atoms with Gasteiger partial charge in [-0.15, -0.1) is 0 Å². The Kier molecular flexibility index (Phi) is 5.29. The number of halogens is 1. The molecule has 2 heterocycles. The van der Waals surface area contributed by atoms with Gasteiger partial charge >= 0.3 is 0 Å². The molecule has 2 aromatic carbocycles. The Morgan fingerprint density at radius 2 is 1.82 bits per heavy atom. The summed E-state index contributed by atoms with van der Waals surface area (Å²) in [5, 5.41) is 0.648. The van der Waals surface area contributed by atoms with E-state index in [0.29, 0.717) is 5.15 Å². The average Bonchev–Trinajstić information content (AvgIpc) is 3.05. The number of rotatable bonds is 5. The fourth-order valence-corrected chi connectivity index (χ4v) is 4.09. The summed E-state index contributed by atoms with van der Waals surface area (Å²) in [7, 11) is 5.31. The van der Waals surface area contributed by atoms with Gasteiger partial charge in [0.15, 0.2) is 11.5 Å². The Hall–Kier alpha value is -2.50. The zero-order valence-electron chi connectivity index (χ0n) is 16.4. The highest BCUT2D eigenvalue weighted by Crippen LogP contribution is 2.41. The van der Waals surface area contributed by atoms with Gasteiger partial charge in [0.05, 0.1) is 33.0 Å². The number of fused-ring (bicyclic) bond motifs is 1. The largest absolute Gasteiger partial charge is 0.493 e. The zero-order valence-corrected chi connectivity index (χ0v) is 17.1. The highest BCUT2D eigenvalue weighted by Gasteiger charge is 2.31. The van der Waals surface area contributed by atoms with Crippen molar-refractivity contribution in [1.82, 2.24) is 14.5 Å². The number of nitrogens with zero attached hydrogens (tertiary/aromatic N) is 3. The highest BCUT2D eigenvalue weighted by molar-refractivity contribution is 6.29. The van der Waals surface area contributed by atoms with Crippen molar-refractivity contribution >= 4 is 11.6 Å². The summed E-state index contributed by atoms with van der Waals surface area (Å²) in [4.78, 5) is 6.95. The predicted octanol–water partition coefficient (Wildman–Crippen LogP) is 4.24. The van der Waals surface area contributed by atoms with Gasteiger partial charge in [-0.3, -0.25) is 4.90 Å². The number of hydrogen-bond acceptors (Lipinski definition) is 4. The monoisotopic (exact) mass is 397 g/mol. The van der Waals surface area contributed by atoms with Crippen molar-refractivity contribution in [3.8, 4) is 11.5 Å². The summed E-state index contributed by atoms with van der Waals surface area (Å²) >= 11 is 6.21. The lowest BCUT2D eigenvalue weighted by Gasteiger charge is -2.38. The maximum atomic E-state index is 6.21. The van der Waals surface area contributed by atoms with Crippen LogP contribution in [0.3, 0.4) is 0 Å². The third kappa shape index (κ3) is 3.36. The first kappa shape index (κ1) is 18.8. The summed E-state index contributed by atoms with van der Waals surface area (Å²) in [6.45, 7) is 1.64. The van der Waals surface area contributed by atoms with Crippen LogP contribution in [0, 0.1) is 0 Å². The molecule has 0 radical (unpaired) electrons. The molecule has 0 spiro atoms. The van der Waals surface area contributed by atoms with Crippen molar-refractivity contribution < 1.29 is 9.47 Å². The summed E-state index contributed by atoms with van der Waals surface area (Å²) in [6, 6.07) is 14.9. The minimum absolute atomic E-state index is 0.111. The smallest absolute Gasteiger partial charge is 0.161 e. The van der Waals surface area contributed by atoms with Crippen LogP contribution in [0.2, 0.25) is 5.15 Å². The molecule has 1 aromatic heterocycles. The Balaban J connectivity index is 1.79. The van der Waals surface area contributed by atoms with Gasteiger partial charge in [0.2, 0.25) is 0 Å². The zero-order chi connectivity index (χ0) is 19.7. The molecule has 6 heteroatoms. The van der Waals surface area contributed by atoms with E-state index in [2.05, 4.69) is 46.3 Å². The van der Waals surface area contributed by atoms with E-state index in [0.717, 1.165) is 36.8 Å². The number of hydrogen-bond donors (Lipinski definition) is 0. The molecule has 5 nitrogen and oxygen atoms in total. The van der Waals surface area contributed by atoms with Crippen LogP contribution >= 0.6 is 11.6 Å². The molecule has 0 saturated carbocycles. The molecule has 1 aliphatic rings. The van der Waals surface area contributed by atoms with Crippen molar-refractivity contribution in [2.24, 2.45) is 7.05 Å². The fourth-order valence-electron chi connectivity index (χ4n) is 3.95. The van der Waals surface area contributed by atoms with Crippen molar-refractivity contribution in [3.63, 3.8) is 0 Å². The maximum Gasteiger partial charge on any atom is 0.161 e. The van der Waals surface area contributed by atoms with Crippen LogP contribution in [0.4, 0.5) is 0 Å². The van der Waals surface area contributed by atoms with Crippen LogP contribution in [0.1, 0.15) is 28.6 Å². The molecule has 28 heavy (non-hydrogen) atoms. The summed E-state index contributed by atoms with van der Waals surface area (Å²) < 4.78 is 13.0. The summed E-state index contributed by atoms with van der Waals surface area (Å²) in [6.07, 6.45) is 2.65. The van der Waals surface area contributed by atoms with Crippen molar-refractivity contribution in [2.75, 3.05) is 20.8 Å². The standard InChI is InChI=1S/C22H24ClN3O2/c1-25-20(23)13-24-21(25)14-26-10-9-16-11-18(27-2)19(28-3)12-17(16)22(26)15-7-5-4-6-8-15/h4-8,11-13,22H,9-10,14H2,1-3H3. The number of methoxy groups -OCH3 is 2. The van der Waals surface area contributed by atoms with Gasteiger partial charge in [-0.05, 0) is 35.2 Å². The molecule has 4 rings (SSSR count). The molecule has 1 atom stereocenters. The average molecular weight is 398 g/mol. The van der Waals surface area contributed by atoms with Crippen LogP contribution in [0.25, 0.3) is 0 Å². The van der Waals surface area contributed by atoms with E-state index in [4.69, 9.17) is 21.1 Å². The number of ether oxygens (including phenoxy) is 2. The van der Waals surface area contributed by atoms with Crippen LogP contribution in [0.15, 0.2) is 48.7 Å². The molecule has 3 aromatic rings. The minimum atomic E-state index is 0.111. The van der Waals surface area contributed by atoms with Crippen LogP contribution in [-0.2, 0) is 20.0 Å². The molecule has 146 valence electrons. The third-order valence-corrected chi connectivity index (χ3v) is 5.81. The summed E-state index contributed by atoms with van der Waals surface area (Å²) in [5.74, 6) is 2.48. The third-order valence-electron chi connectivity index (χ3n) is 5.46. The Labute approximate surface area is 170 Å². The van der Waals surface area contributed by atoms with Gasteiger partial charge in [0, 0.05) is 13.6 Å². The number of benzene rings is 2. The van der Waals surface area contributed by atoms with E-state index in [9.17, 15) is 0 Å². The van der Waals surface area contributed by atoms with E-state index < -0.39 is 0 Å². The molecule has 1 aliphatic heterocycles. The minimum Gasteiger partial charge on any atom is -0.493 e. The highest BCUT2D eigenvalue weighted by atomic mass is 35.5. The maximum absolute atomic E-state index is 6.21. The first-order valence-corrected chi connectivity index (χ1v) is 9.70. The Morgan fingerprint density at radius 1 is 1.11 bits per heavy atom. The van der Waals surface area contributed by atoms with Gasteiger partial charge in [-0.25, -0.2) is 4.98 Å². The number of aromatic nitrogens is 2. The fraction of sp³-hybridized carbons (Fsp3) is 0.318. The molecule has 0 fully saturated rings.